The van der Waals surface area contributed by atoms with E-state index in [0.717, 1.165) is 30.5 Å². The summed E-state index contributed by atoms with van der Waals surface area (Å²) in [5.41, 5.74) is 2.17. The molecule has 1 aliphatic carbocycles. The Morgan fingerprint density at radius 1 is 1.14 bits per heavy atom. The van der Waals surface area contributed by atoms with Crippen LogP contribution in [-0.2, 0) is 19.4 Å². The minimum absolute atomic E-state index is 0.183. The standard InChI is InChI=1S/C21H20ClN3O2S/c22-16-7-5-4-6-14(16)12-25-13-15(10-11-19(25)26)20(27)24-21-23-17-8-2-1-3-9-18(17)28-21/h4-7,10-11,13H,1-3,8-9,12H2,(H,23,24,27). The highest BCUT2D eigenvalue weighted by Crippen LogP contribution is 2.29. The average Bonchev–Trinajstić information content (AvgIpc) is 2.93. The van der Waals surface area contributed by atoms with Gasteiger partial charge in [0.25, 0.3) is 11.5 Å². The van der Waals surface area contributed by atoms with Crippen LogP contribution >= 0.6 is 22.9 Å². The molecule has 0 bridgehead atoms. The number of fused-ring (bicyclic) bond motifs is 1. The summed E-state index contributed by atoms with van der Waals surface area (Å²) in [6.45, 7) is 0.311. The molecule has 1 aliphatic rings. The molecular weight excluding hydrogens is 394 g/mol. The molecule has 5 nitrogen and oxygen atoms in total. The van der Waals surface area contributed by atoms with Gasteiger partial charge in [0.1, 0.15) is 0 Å². The maximum Gasteiger partial charge on any atom is 0.258 e. The van der Waals surface area contributed by atoms with Crippen molar-refractivity contribution in [1.29, 1.82) is 0 Å². The molecule has 2 aromatic heterocycles. The van der Waals surface area contributed by atoms with Crippen LogP contribution in [0.5, 0.6) is 0 Å². The second-order valence-electron chi connectivity index (χ2n) is 6.88. The first-order chi connectivity index (χ1) is 13.6. The Morgan fingerprint density at radius 2 is 1.96 bits per heavy atom. The predicted molar refractivity (Wildman–Crippen MR) is 113 cm³/mol. The fraction of sp³-hybridized carbons (Fsp3) is 0.286. The molecule has 3 aromatic rings. The number of carbonyl (C=O) groups is 1. The SMILES string of the molecule is O=C(Nc1nc2c(s1)CCCCC2)c1ccc(=O)n(Cc2ccccc2Cl)c1. The number of benzene rings is 1. The van der Waals surface area contributed by atoms with Crippen LogP contribution in [0.3, 0.4) is 0 Å². The lowest BCUT2D eigenvalue weighted by Crippen LogP contribution is -2.22. The van der Waals surface area contributed by atoms with Gasteiger partial charge >= 0.3 is 0 Å². The molecule has 1 aromatic carbocycles. The summed E-state index contributed by atoms with van der Waals surface area (Å²) in [7, 11) is 0. The molecule has 4 rings (SSSR count). The van der Waals surface area contributed by atoms with E-state index in [2.05, 4.69) is 10.3 Å². The van der Waals surface area contributed by atoms with Gasteiger partial charge in [-0.2, -0.15) is 0 Å². The Bertz CT molecular complexity index is 1050. The molecule has 144 valence electrons. The van der Waals surface area contributed by atoms with Gasteiger partial charge in [0.2, 0.25) is 0 Å². The summed E-state index contributed by atoms with van der Waals surface area (Å²) in [5, 5.41) is 4.10. The van der Waals surface area contributed by atoms with Gasteiger partial charge in [-0.05, 0) is 43.4 Å². The molecule has 7 heteroatoms. The number of pyridine rings is 1. The van der Waals surface area contributed by atoms with Crippen LogP contribution < -0.4 is 10.9 Å². The van der Waals surface area contributed by atoms with Crippen molar-refractivity contribution in [2.45, 2.75) is 38.6 Å². The van der Waals surface area contributed by atoms with E-state index in [0.29, 0.717) is 22.3 Å². The number of hydrogen-bond donors (Lipinski definition) is 1. The van der Waals surface area contributed by atoms with Gasteiger partial charge in [-0.15, -0.1) is 11.3 Å². The third kappa shape index (κ3) is 4.18. The molecule has 1 amide bonds. The lowest BCUT2D eigenvalue weighted by molar-refractivity contribution is 0.102. The Kier molecular flexibility index (Phi) is 5.59. The smallest absolute Gasteiger partial charge is 0.258 e. The van der Waals surface area contributed by atoms with E-state index in [1.807, 2.05) is 18.2 Å². The van der Waals surface area contributed by atoms with Crippen LogP contribution in [0.15, 0.2) is 47.4 Å². The second-order valence-corrected chi connectivity index (χ2v) is 8.37. The summed E-state index contributed by atoms with van der Waals surface area (Å²) in [6, 6.07) is 10.3. The number of aromatic nitrogens is 2. The Hall–Kier alpha value is -2.44. The zero-order valence-corrected chi connectivity index (χ0v) is 16.9. The molecule has 0 saturated heterocycles. The topological polar surface area (TPSA) is 64.0 Å². The van der Waals surface area contributed by atoms with E-state index in [1.54, 1.807) is 29.7 Å². The van der Waals surface area contributed by atoms with Gasteiger partial charge < -0.3 is 4.57 Å². The van der Waals surface area contributed by atoms with Crippen LogP contribution in [0, 0.1) is 0 Å². The van der Waals surface area contributed by atoms with E-state index >= 15 is 0 Å². The highest BCUT2D eigenvalue weighted by Gasteiger charge is 2.16. The Labute approximate surface area is 172 Å². The maximum absolute atomic E-state index is 12.7. The molecule has 0 unspecified atom stereocenters. The van der Waals surface area contributed by atoms with E-state index in [4.69, 9.17) is 11.6 Å². The van der Waals surface area contributed by atoms with Crippen molar-refractivity contribution in [2.75, 3.05) is 5.32 Å². The van der Waals surface area contributed by atoms with E-state index in [1.165, 1.54) is 28.4 Å². The number of anilines is 1. The molecule has 2 heterocycles. The molecular formula is C21H20ClN3O2S. The molecule has 1 N–H and O–H groups in total. The average molecular weight is 414 g/mol. The molecule has 0 atom stereocenters. The van der Waals surface area contributed by atoms with E-state index < -0.39 is 0 Å². The van der Waals surface area contributed by atoms with E-state index in [-0.39, 0.29) is 11.5 Å². The number of halogens is 1. The van der Waals surface area contributed by atoms with Crippen LogP contribution in [0.1, 0.15) is 45.8 Å². The Morgan fingerprint density at radius 3 is 2.82 bits per heavy atom. The third-order valence-electron chi connectivity index (χ3n) is 4.86. The lowest BCUT2D eigenvalue weighted by Gasteiger charge is -2.09. The first-order valence-electron chi connectivity index (χ1n) is 9.34. The van der Waals surface area contributed by atoms with Gasteiger partial charge in [0, 0.05) is 22.2 Å². The van der Waals surface area contributed by atoms with Crippen molar-refractivity contribution in [3.05, 3.63) is 79.7 Å². The fourth-order valence-corrected chi connectivity index (χ4v) is 4.59. The largest absolute Gasteiger partial charge is 0.310 e. The summed E-state index contributed by atoms with van der Waals surface area (Å²) >= 11 is 7.75. The maximum atomic E-state index is 12.7. The number of thiazole rings is 1. The summed E-state index contributed by atoms with van der Waals surface area (Å²) in [6.07, 6.45) is 7.14. The highest BCUT2D eigenvalue weighted by molar-refractivity contribution is 7.15. The normalized spacial score (nSPS) is 13.6. The highest BCUT2D eigenvalue weighted by atomic mass is 35.5. The quantitative estimate of drug-likeness (QED) is 0.639. The van der Waals surface area contributed by atoms with Crippen LogP contribution in [-0.4, -0.2) is 15.5 Å². The molecule has 0 saturated carbocycles. The first-order valence-corrected chi connectivity index (χ1v) is 10.5. The van der Waals surface area contributed by atoms with Gasteiger partial charge in [-0.1, -0.05) is 36.2 Å². The minimum atomic E-state index is -0.267. The third-order valence-corrected chi connectivity index (χ3v) is 6.30. The summed E-state index contributed by atoms with van der Waals surface area (Å²) < 4.78 is 1.49. The van der Waals surface area contributed by atoms with Gasteiger partial charge in [-0.3, -0.25) is 14.9 Å². The van der Waals surface area contributed by atoms with Crippen LogP contribution in [0.4, 0.5) is 5.13 Å². The first kappa shape index (κ1) is 18.9. The van der Waals surface area contributed by atoms with Crippen molar-refractivity contribution >= 4 is 34.0 Å². The minimum Gasteiger partial charge on any atom is -0.310 e. The zero-order chi connectivity index (χ0) is 19.5. The monoisotopic (exact) mass is 413 g/mol. The number of rotatable bonds is 4. The van der Waals surface area contributed by atoms with Crippen molar-refractivity contribution in [3.8, 4) is 0 Å². The molecule has 0 aliphatic heterocycles. The predicted octanol–water partition coefficient (Wildman–Crippen LogP) is 4.53. The van der Waals surface area contributed by atoms with Crippen LogP contribution in [0.2, 0.25) is 5.02 Å². The number of carbonyl (C=O) groups excluding carboxylic acids is 1. The number of nitrogens with one attached hydrogen (secondary N) is 1. The van der Waals surface area contributed by atoms with Gasteiger partial charge in [0.05, 0.1) is 17.8 Å². The Balaban J connectivity index is 1.53. The van der Waals surface area contributed by atoms with Crippen molar-refractivity contribution in [3.63, 3.8) is 0 Å². The van der Waals surface area contributed by atoms with Crippen molar-refractivity contribution in [1.82, 2.24) is 9.55 Å². The molecule has 0 fully saturated rings. The van der Waals surface area contributed by atoms with Gasteiger partial charge in [-0.25, -0.2) is 4.98 Å². The molecule has 0 spiro atoms. The van der Waals surface area contributed by atoms with Crippen molar-refractivity contribution < 1.29 is 4.79 Å². The molecule has 0 radical (unpaired) electrons. The van der Waals surface area contributed by atoms with Gasteiger partial charge in [0.15, 0.2) is 5.13 Å². The number of amides is 1. The summed E-state index contributed by atoms with van der Waals surface area (Å²) in [4.78, 5) is 30.8. The number of hydrogen-bond acceptors (Lipinski definition) is 4. The number of aryl methyl sites for hydroxylation is 2. The van der Waals surface area contributed by atoms with Crippen molar-refractivity contribution in [2.24, 2.45) is 0 Å². The fourth-order valence-electron chi connectivity index (χ4n) is 3.35. The second kappa shape index (κ2) is 8.29. The number of nitrogens with zero attached hydrogens (tertiary/aromatic N) is 2. The lowest BCUT2D eigenvalue weighted by atomic mass is 10.2. The van der Waals surface area contributed by atoms with E-state index in [9.17, 15) is 9.59 Å². The van der Waals surface area contributed by atoms with Crippen LogP contribution in [0.25, 0.3) is 0 Å². The zero-order valence-electron chi connectivity index (χ0n) is 15.3. The summed E-state index contributed by atoms with van der Waals surface area (Å²) in [5.74, 6) is -0.267. The molecule has 28 heavy (non-hydrogen) atoms.